The van der Waals surface area contributed by atoms with Crippen LogP contribution in [0.4, 0.5) is 0 Å². The van der Waals surface area contributed by atoms with Crippen molar-refractivity contribution in [1.29, 1.82) is 0 Å². The highest BCUT2D eigenvalue weighted by Gasteiger charge is 2.33. The van der Waals surface area contributed by atoms with E-state index < -0.39 is 0 Å². The third kappa shape index (κ3) is 11.0. The number of hydrogen-bond donors (Lipinski definition) is 1. The monoisotopic (exact) mass is 365 g/mol. The third-order valence-electron chi connectivity index (χ3n) is 5.81. The average molecular weight is 366 g/mol. The van der Waals surface area contributed by atoms with Crippen LogP contribution in [0.1, 0.15) is 123 Å². The molecule has 0 aromatic carbocycles. The van der Waals surface area contributed by atoms with E-state index in [0.29, 0.717) is 18.6 Å². The molecule has 0 saturated heterocycles. The first-order valence-electron chi connectivity index (χ1n) is 11.5. The number of rotatable bonds is 17. The Morgan fingerprint density at radius 2 is 1.19 bits per heavy atom. The summed E-state index contributed by atoms with van der Waals surface area (Å²) < 4.78 is 0. The molecular weight excluding hydrogens is 322 g/mol. The summed E-state index contributed by atoms with van der Waals surface area (Å²) in [6.45, 7) is 4.19. The van der Waals surface area contributed by atoms with Crippen LogP contribution in [0.2, 0.25) is 0 Å². The average Bonchev–Trinajstić information content (AvgIpc) is 2.61. The highest BCUT2D eigenvalue weighted by atomic mass is 16.1. The van der Waals surface area contributed by atoms with Crippen LogP contribution >= 0.6 is 0 Å². The standard InChI is InChI=1S/C23H43NO2/c1-3-5-6-7-8-9-10-11-12-13-14-15-16-17-23(26)24-21-18-20(19-21)22(25)4-2/h20-21H,3-19H2,1-2H3,(H,24,26). The Hall–Kier alpha value is -0.860. The van der Waals surface area contributed by atoms with Gasteiger partial charge in [-0.25, -0.2) is 0 Å². The number of ketones is 1. The van der Waals surface area contributed by atoms with Gasteiger partial charge in [0.2, 0.25) is 5.91 Å². The van der Waals surface area contributed by atoms with Crippen molar-refractivity contribution in [2.45, 2.75) is 129 Å². The largest absolute Gasteiger partial charge is 0.353 e. The lowest BCUT2D eigenvalue weighted by Gasteiger charge is -2.34. The molecule has 0 aromatic rings. The smallest absolute Gasteiger partial charge is 0.220 e. The first kappa shape index (κ1) is 23.2. The Balaban J connectivity index is 1.79. The molecule has 0 bridgehead atoms. The summed E-state index contributed by atoms with van der Waals surface area (Å²) in [7, 11) is 0. The van der Waals surface area contributed by atoms with E-state index in [1.54, 1.807) is 0 Å². The molecule has 0 unspecified atom stereocenters. The SMILES string of the molecule is CCCCCCCCCCCCCCCC(=O)NC1CC(C(=O)CC)C1. The van der Waals surface area contributed by atoms with E-state index in [2.05, 4.69) is 12.2 Å². The molecule has 26 heavy (non-hydrogen) atoms. The molecule has 0 aliphatic heterocycles. The van der Waals surface area contributed by atoms with Crippen molar-refractivity contribution in [2.75, 3.05) is 0 Å². The third-order valence-corrected chi connectivity index (χ3v) is 5.81. The zero-order valence-electron chi connectivity index (χ0n) is 17.5. The number of unbranched alkanes of at least 4 members (excludes halogenated alkanes) is 12. The van der Waals surface area contributed by atoms with Crippen LogP contribution in [0.25, 0.3) is 0 Å². The van der Waals surface area contributed by atoms with Gasteiger partial charge in [0.1, 0.15) is 5.78 Å². The Kier molecular flexibility index (Phi) is 13.6. The lowest BCUT2D eigenvalue weighted by atomic mass is 9.77. The summed E-state index contributed by atoms with van der Waals surface area (Å²) in [4.78, 5) is 23.4. The molecular formula is C23H43NO2. The van der Waals surface area contributed by atoms with Gasteiger partial charge in [0.15, 0.2) is 0 Å². The van der Waals surface area contributed by atoms with E-state index in [4.69, 9.17) is 0 Å². The molecule has 1 rings (SSSR count). The molecule has 1 fully saturated rings. The molecule has 0 atom stereocenters. The summed E-state index contributed by atoms with van der Waals surface area (Å²) in [5.41, 5.74) is 0. The highest BCUT2D eigenvalue weighted by Crippen LogP contribution is 2.29. The Bertz CT molecular complexity index is 374. The summed E-state index contributed by atoms with van der Waals surface area (Å²) in [5, 5.41) is 3.08. The lowest BCUT2D eigenvalue weighted by Crippen LogP contribution is -2.46. The van der Waals surface area contributed by atoms with Crippen molar-refractivity contribution in [3.05, 3.63) is 0 Å². The van der Waals surface area contributed by atoms with E-state index in [0.717, 1.165) is 19.3 Å². The molecule has 1 amide bonds. The predicted molar refractivity (Wildman–Crippen MR) is 110 cm³/mol. The van der Waals surface area contributed by atoms with Crippen LogP contribution in [0.5, 0.6) is 0 Å². The Labute approximate surface area is 162 Å². The van der Waals surface area contributed by atoms with E-state index in [1.165, 1.54) is 77.0 Å². The van der Waals surface area contributed by atoms with Gasteiger partial charge in [-0.1, -0.05) is 90.9 Å². The summed E-state index contributed by atoms with van der Waals surface area (Å²) >= 11 is 0. The first-order chi connectivity index (χ1) is 12.7. The lowest BCUT2D eigenvalue weighted by molar-refractivity contribution is -0.129. The number of nitrogens with one attached hydrogen (secondary N) is 1. The number of amides is 1. The molecule has 1 saturated carbocycles. The molecule has 1 aliphatic rings. The molecule has 0 spiro atoms. The van der Waals surface area contributed by atoms with Crippen LogP contribution in [0.15, 0.2) is 0 Å². The van der Waals surface area contributed by atoms with E-state index in [9.17, 15) is 9.59 Å². The van der Waals surface area contributed by atoms with E-state index >= 15 is 0 Å². The van der Waals surface area contributed by atoms with Gasteiger partial charge in [-0.15, -0.1) is 0 Å². The fourth-order valence-corrected chi connectivity index (χ4v) is 3.89. The van der Waals surface area contributed by atoms with Crippen LogP contribution in [0.3, 0.4) is 0 Å². The highest BCUT2D eigenvalue weighted by molar-refractivity contribution is 5.82. The van der Waals surface area contributed by atoms with Crippen molar-refractivity contribution in [3.8, 4) is 0 Å². The second-order valence-electron chi connectivity index (χ2n) is 8.25. The number of carbonyl (C=O) groups is 2. The van der Waals surface area contributed by atoms with Crippen LogP contribution in [-0.2, 0) is 9.59 Å². The number of Topliss-reactive ketones (excluding diaryl/α,β-unsaturated/α-hetero) is 1. The van der Waals surface area contributed by atoms with Crippen molar-refractivity contribution in [3.63, 3.8) is 0 Å². The van der Waals surface area contributed by atoms with E-state index in [-0.39, 0.29) is 17.9 Å². The summed E-state index contributed by atoms with van der Waals surface area (Å²) in [6, 6.07) is 0.255. The maximum atomic E-state index is 11.9. The van der Waals surface area contributed by atoms with Gasteiger partial charge in [0.05, 0.1) is 0 Å². The fourth-order valence-electron chi connectivity index (χ4n) is 3.89. The fraction of sp³-hybridized carbons (Fsp3) is 0.913. The predicted octanol–water partition coefficient (Wildman–Crippen LogP) is 6.34. The topological polar surface area (TPSA) is 46.2 Å². The second kappa shape index (κ2) is 15.2. The van der Waals surface area contributed by atoms with Crippen molar-refractivity contribution in [1.82, 2.24) is 5.32 Å². The molecule has 152 valence electrons. The maximum absolute atomic E-state index is 11.9. The Morgan fingerprint density at radius 1 is 0.731 bits per heavy atom. The minimum atomic E-state index is 0.181. The van der Waals surface area contributed by atoms with Crippen LogP contribution in [-0.4, -0.2) is 17.7 Å². The number of hydrogen-bond acceptors (Lipinski definition) is 2. The van der Waals surface area contributed by atoms with Crippen LogP contribution in [0, 0.1) is 5.92 Å². The minimum absolute atomic E-state index is 0.181. The zero-order chi connectivity index (χ0) is 19.0. The van der Waals surface area contributed by atoms with Crippen molar-refractivity contribution in [2.24, 2.45) is 5.92 Å². The Morgan fingerprint density at radius 3 is 1.65 bits per heavy atom. The molecule has 1 N–H and O–H groups in total. The van der Waals surface area contributed by atoms with Crippen LogP contribution < -0.4 is 5.32 Å². The van der Waals surface area contributed by atoms with Crippen molar-refractivity contribution < 1.29 is 9.59 Å². The zero-order valence-corrected chi connectivity index (χ0v) is 17.5. The molecule has 0 heterocycles. The normalized spacial score (nSPS) is 19.2. The first-order valence-corrected chi connectivity index (χ1v) is 11.5. The molecule has 3 nitrogen and oxygen atoms in total. The minimum Gasteiger partial charge on any atom is -0.353 e. The molecule has 3 heteroatoms. The number of carbonyl (C=O) groups excluding carboxylic acids is 2. The van der Waals surface area contributed by atoms with Gasteiger partial charge in [-0.05, 0) is 19.3 Å². The summed E-state index contributed by atoms with van der Waals surface area (Å²) in [6.07, 6.45) is 20.3. The van der Waals surface area contributed by atoms with Gasteiger partial charge in [-0.3, -0.25) is 9.59 Å². The molecule has 0 aromatic heterocycles. The van der Waals surface area contributed by atoms with E-state index in [1.807, 2.05) is 6.92 Å². The van der Waals surface area contributed by atoms with Gasteiger partial charge < -0.3 is 5.32 Å². The van der Waals surface area contributed by atoms with Gasteiger partial charge in [-0.2, -0.15) is 0 Å². The quantitative estimate of drug-likeness (QED) is 0.306. The maximum Gasteiger partial charge on any atom is 0.220 e. The van der Waals surface area contributed by atoms with Gasteiger partial charge >= 0.3 is 0 Å². The summed E-state index contributed by atoms with van der Waals surface area (Å²) in [5.74, 6) is 0.745. The van der Waals surface area contributed by atoms with Gasteiger partial charge in [0.25, 0.3) is 0 Å². The molecule has 1 aliphatic carbocycles. The second-order valence-corrected chi connectivity index (χ2v) is 8.25. The van der Waals surface area contributed by atoms with Crippen molar-refractivity contribution >= 4 is 11.7 Å². The molecule has 0 radical (unpaired) electrons. The van der Waals surface area contributed by atoms with Gasteiger partial charge in [0, 0.05) is 24.8 Å².